The van der Waals surface area contributed by atoms with Crippen LogP contribution in [0.25, 0.3) is 72.0 Å². The van der Waals surface area contributed by atoms with Crippen LogP contribution in [0.5, 0.6) is 0 Å². The van der Waals surface area contributed by atoms with Crippen LogP contribution in [0.2, 0.25) is 0 Å². The second-order valence-corrected chi connectivity index (χ2v) is 19.1. The van der Waals surface area contributed by atoms with E-state index in [9.17, 15) is 5.41 Å². The lowest BCUT2D eigenvalue weighted by Crippen LogP contribution is -2.33. The summed E-state index contributed by atoms with van der Waals surface area (Å²) < 4.78 is 3.78. The number of thiophene rings is 1. The molecule has 3 heterocycles. The van der Waals surface area contributed by atoms with Crippen LogP contribution in [0.3, 0.4) is 0 Å². The van der Waals surface area contributed by atoms with Crippen molar-refractivity contribution < 1.29 is 0 Å². The second-order valence-electron chi connectivity index (χ2n) is 18.0. The largest absolute Gasteiger partial charge is 0.333 e. The van der Waals surface area contributed by atoms with Crippen molar-refractivity contribution in [2.75, 3.05) is 7.05 Å². The van der Waals surface area contributed by atoms with Gasteiger partial charge in [-0.3, -0.25) is 0 Å². The van der Waals surface area contributed by atoms with Gasteiger partial charge in [-0.25, -0.2) is 0 Å². The van der Waals surface area contributed by atoms with Crippen molar-refractivity contribution >= 4 is 61.1 Å². The molecule has 1 aliphatic carbocycles. The average molecular weight is 920 g/mol. The zero-order valence-corrected chi connectivity index (χ0v) is 40.3. The molecule has 1 spiro atoms. The Hall–Kier alpha value is -8.15. The number of nitrogens with zero attached hydrogens (tertiary/aromatic N) is 1. The Kier molecular flexibility index (Phi) is 11.9. The molecule has 0 amide bonds. The third-order valence-corrected chi connectivity index (χ3v) is 15.3. The summed E-state index contributed by atoms with van der Waals surface area (Å²) in [4.78, 5) is 1.20. The molecule has 1 aliphatic heterocycles. The predicted octanol–water partition coefficient (Wildman–Crippen LogP) is 16.4. The van der Waals surface area contributed by atoms with Gasteiger partial charge in [0.05, 0.1) is 22.1 Å². The van der Waals surface area contributed by atoms with Gasteiger partial charge in [0.25, 0.3) is 0 Å². The minimum absolute atomic E-state index is 0.523. The van der Waals surface area contributed by atoms with Crippen molar-refractivity contribution in [1.29, 1.82) is 5.41 Å². The Morgan fingerprint density at radius 3 is 2.03 bits per heavy atom. The molecule has 13 rings (SSSR count). The number of benzene rings is 9. The molecule has 1 unspecified atom stereocenters. The van der Waals surface area contributed by atoms with Crippen LogP contribution in [-0.2, 0) is 18.3 Å². The molecule has 0 saturated heterocycles. The van der Waals surface area contributed by atoms with Crippen LogP contribution in [0, 0.1) is 12.3 Å². The lowest BCUT2D eigenvalue weighted by atomic mass is 9.65. The number of nitrogens with two attached hydrogens (primary N) is 1. The molecular formula is C66H53N3S. The molecule has 0 fully saturated rings. The zero-order chi connectivity index (χ0) is 47.8. The van der Waals surface area contributed by atoms with E-state index in [2.05, 4.69) is 224 Å². The van der Waals surface area contributed by atoms with E-state index in [1.54, 1.807) is 11.3 Å². The number of fused-ring (bicyclic) bond motifs is 13. The molecule has 0 bridgehead atoms. The zero-order valence-electron chi connectivity index (χ0n) is 39.5. The van der Waals surface area contributed by atoms with Gasteiger partial charge in [-0.05, 0) is 105 Å². The first-order valence-electron chi connectivity index (χ1n) is 24.0. The summed E-state index contributed by atoms with van der Waals surface area (Å²) in [5.41, 5.74) is 24.2. The molecule has 2 aliphatic rings. The van der Waals surface area contributed by atoms with Crippen LogP contribution in [0.4, 0.5) is 0 Å². The summed E-state index contributed by atoms with van der Waals surface area (Å²) in [5.74, 6) is 0. The van der Waals surface area contributed by atoms with Gasteiger partial charge in [0, 0.05) is 37.9 Å². The van der Waals surface area contributed by atoms with Gasteiger partial charge in [0.1, 0.15) is 0 Å². The van der Waals surface area contributed by atoms with E-state index >= 15 is 0 Å². The predicted molar refractivity (Wildman–Crippen MR) is 300 cm³/mol. The van der Waals surface area contributed by atoms with Crippen LogP contribution >= 0.6 is 11.3 Å². The average Bonchev–Trinajstić information content (AvgIpc) is 4.06. The number of nitrogens with one attached hydrogen (secondary N) is 1. The van der Waals surface area contributed by atoms with Gasteiger partial charge in [0.2, 0.25) is 0 Å². The summed E-state index contributed by atoms with van der Waals surface area (Å²) in [6.07, 6.45) is 7.89. The van der Waals surface area contributed by atoms with Gasteiger partial charge < -0.3 is 15.7 Å². The van der Waals surface area contributed by atoms with Crippen molar-refractivity contribution in [2.45, 2.75) is 25.2 Å². The number of hydrogen-bond donors (Lipinski definition) is 2. The highest BCUT2D eigenvalue weighted by Gasteiger charge is 2.51. The maximum atomic E-state index is 9.57. The maximum Gasteiger partial charge on any atom is 0.0754 e. The van der Waals surface area contributed by atoms with Crippen molar-refractivity contribution in [3.63, 3.8) is 0 Å². The van der Waals surface area contributed by atoms with Crippen LogP contribution in [-0.4, -0.2) is 17.3 Å². The van der Waals surface area contributed by atoms with Crippen molar-refractivity contribution in [1.82, 2.24) is 4.57 Å². The number of aromatic nitrogens is 1. The van der Waals surface area contributed by atoms with E-state index in [1.165, 1.54) is 111 Å². The number of allylic oxidation sites excluding steroid dienone is 1. The van der Waals surface area contributed by atoms with Gasteiger partial charge in [0.15, 0.2) is 0 Å². The Bertz CT molecular complexity index is 3780. The fourth-order valence-electron chi connectivity index (χ4n) is 11.1. The third kappa shape index (κ3) is 7.36. The molecular weight excluding hydrogens is 867 g/mol. The highest BCUT2D eigenvalue weighted by atomic mass is 32.1. The Labute approximate surface area is 414 Å². The summed E-state index contributed by atoms with van der Waals surface area (Å²) in [6, 6.07) is 76.7. The minimum Gasteiger partial charge on any atom is -0.333 e. The van der Waals surface area contributed by atoms with Gasteiger partial charge in [-0.2, -0.15) is 0 Å². The number of aryl methyl sites for hydroxylation is 1. The standard InChI is InChI=1S/C58H40N2S.C7H8.CH5N/c1-2-54-43(44-20-7-11-28-55(44)61-54)21-12-15-37-29-34-47-46(35-37)56-41(36-51(59)40-32-30-39(31-33-40)38-16-4-3-5-17-38)18-13-24-49(56)58(47)48-23-8-10-27-53(48)60-52-26-9-6-19-42(52)45-22-14-25-50(58)57(45)60;1-7-5-3-2-4-6-7;1-2/h2-14,16-35,59H,1,15,36H2;2-6H,1H3;2H2,1H3/b21-12-,59-51?;;. The Morgan fingerprint density at radius 1 is 0.614 bits per heavy atom. The van der Waals surface area contributed by atoms with E-state index < -0.39 is 5.41 Å². The quantitative estimate of drug-likeness (QED) is 0.147. The molecule has 3 nitrogen and oxygen atoms in total. The van der Waals surface area contributed by atoms with Gasteiger partial charge >= 0.3 is 0 Å². The first-order chi connectivity index (χ1) is 34.5. The number of para-hydroxylation sites is 3. The number of hydrogen-bond acceptors (Lipinski definition) is 3. The van der Waals surface area contributed by atoms with E-state index in [1.807, 2.05) is 30.3 Å². The number of rotatable bonds is 8. The molecule has 3 N–H and O–H groups in total. The smallest absolute Gasteiger partial charge is 0.0754 e. The molecule has 1 atom stereocenters. The molecule has 70 heavy (non-hydrogen) atoms. The first kappa shape index (κ1) is 44.4. The summed E-state index contributed by atoms with van der Waals surface area (Å²) >= 11 is 1.80. The van der Waals surface area contributed by atoms with Crippen LogP contribution in [0.15, 0.2) is 225 Å². The normalized spacial score (nSPS) is 13.9. The second kappa shape index (κ2) is 18.7. The summed E-state index contributed by atoms with van der Waals surface area (Å²) in [6.45, 7) is 6.22. The minimum atomic E-state index is -0.552. The monoisotopic (exact) mass is 919 g/mol. The van der Waals surface area contributed by atoms with E-state index in [-0.39, 0.29) is 0 Å². The van der Waals surface area contributed by atoms with Gasteiger partial charge in [-0.1, -0.05) is 224 Å². The lowest BCUT2D eigenvalue weighted by molar-refractivity contribution is 0.747. The Morgan fingerprint density at radius 2 is 1.26 bits per heavy atom. The molecule has 0 radical (unpaired) electrons. The lowest BCUT2D eigenvalue weighted by Gasteiger charge is -2.39. The SMILES string of the molecule is C=Cc1sc2ccccc2c1/C=C\Cc1ccc2c(c1)-c1c(CC(=N)c3ccc(-c4ccccc4)cc3)cccc1C21c2ccccc2-n2c3ccccc3c3cccc1c32.CN.Cc1ccccc1. The Balaban J connectivity index is 0.000000542. The molecule has 4 heteroatoms. The molecule has 2 aromatic heterocycles. The first-order valence-corrected chi connectivity index (χ1v) is 24.9. The van der Waals surface area contributed by atoms with E-state index in [4.69, 9.17) is 0 Å². The van der Waals surface area contributed by atoms with Crippen LogP contribution < -0.4 is 5.73 Å². The molecule has 338 valence electrons. The fourth-order valence-corrected chi connectivity index (χ4v) is 12.1. The molecule has 11 aromatic rings. The van der Waals surface area contributed by atoms with Crippen LogP contribution in [0.1, 0.15) is 54.9 Å². The van der Waals surface area contributed by atoms with Gasteiger partial charge in [-0.15, -0.1) is 11.3 Å². The van der Waals surface area contributed by atoms with Crippen molar-refractivity contribution in [3.8, 4) is 27.9 Å². The van der Waals surface area contributed by atoms with E-state index in [0.717, 1.165) is 17.5 Å². The third-order valence-electron chi connectivity index (χ3n) is 14.1. The highest BCUT2D eigenvalue weighted by Crippen LogP contribution is 2.61. The summed E-state index contributed by atoms with van der Waals surface area (Å²) in [7, 11) is 1.50. The highest BCUT2D eigenvalue weighted by molar-refractivity contribution is 7.20. The van der Waals surface area contributed by atoms with E-state index in [0.29, 0.717) is 12.1 Å². The topological polar surface area (TPSA) is 54.8 Å². The molecule has 0 saturated carbocycles. The summed E-state index contributed by atoms with van der Waals surface area (Å²) in [5, 5.41) is 13.4. The molecule has 9 aromatic carbocycles. The van der Waals surface area contributed by atoms with Crippen molar-refractivity contribution in [2.24, 2.45) is 5.73 Å². The van der Waals surface area contributed by atoms with Crippen molar-refractivity contribution in [3.05, 3.63) is 280 Å². The maximum absolute atomic E-state index is 9.57. The fraction of sp³-hybridized carbons (Fsp3) is 0.0758.